The van der Waals surface area contributed by atoms with E-state index < -0.39 is 0 Å². The Kier molecular flexibility index (Phi) is 7.61. The number of benzene rings is 1. The summed E-state index contributed by atoms with van der Waals surface area (Å²) < 4.78 is 0. The predicted molar refractivity (Wildman–Crippen MR) is 121 cm³/mol. The van der Waals surface area contributed by atoms with Gasteiger partial charge in [-0.15, -0.1) is 0 Å². The number of thioether (sulfide) groups is 1. The maximum absolute atomic E-state index is 12.7. The number of amides is 1. The number of aryl methyl sites for hydroxylation is 1. The number of para-hydroxylation sites is 1. The van der Waals surface area contributed by atoms with Crippen molar-refractivity contribution in [3.05, 3.63) is 41.0 Å². The fraction of sp³-hybridized carbons (Fsp3) is 0.476. The van der Waals surface area contributed by atoms with E-state index in [1.807, 2.05) is 16.8 Å². The van der Waals surface area contributed by atoms with Gasteiger partial charge in [-0.05, 0) is 25.0 Å². The van der Waals surface area contributed by atoms with Crippen molar-refractivity contribution in [1.82, 2.24) is 14.9 Å². The Morgan fingerprint density at radius 2 is 1.93 bits per heavy atom. The predicted octanol–water partition coefficient (Wildman–Crippen LogP) is 3.73. The molecule has 1 amide bonds. The van der Waals surface area contributed by atoms with E-state index in [1.54, 1.807) is 6.07 Å². The smallest absolute Gasteiger partial charge is 0.233 e. The van der Waals surface area contributed by atoms with Crippen LogP contribution in [0, 0.1) is 6.92 Å². The van der Waals surface area contributed by atoms with Crippen LogP contribution in [0.2, 0.25) is 5.15 Å². The van der Waals surface area contributed by atoms with Gasteiger partial charge in [-0.25, -0.2) is 9.97 Å². The van der Waals surface area contributed by atoms with Crippen molar-refractivity contribution in [2.45, 2.75) is 25.4 Å². The van der Waals surface area contributed by atoms with E-state index >= 15 is 0 Å². The maximum Gasteiger partial charge on any atom is 0.233 e. The Labute approximate surface area is 182 Å². The zero-order valence-electron chi connectivity index (χ0n) is 17.3. The minimum atomic E-state index is 0.117. The van der Waals surface area contributed by atoms with Gasteiger partial charge in [-0.2, -0.15) is 0 Å². The summed E-state index contributed by atoms with van der Waals surface area (Å²) in [6.07, 6.45) is 1.02. The van der Waals surface area contributed by atoms with E-state index in [0.29, 0.717) is 16.1 Å². The number of carbonyl (C=O) groups excluding carboxylic acids is 1. The Morgan fingerprint density at radius 1 is 1.21 bits per heavy atom. The number of aromatic nitrogens is 2. The SMILES string of the molecule is CCCN(C)c1cc(Cl)nc(SCC(=O)N2CCN(c3ccccc3C)CC2)n1. The van der Waals surface area contributed by atoms with E-state index in [0.717, 1.165) is 45.0 Å². The van der Waals surface area contributed by atoms with Crippen molar-refractivity contribution < 1.29 is 4.79 Å². The van der Waals surface area contributed by atoms with Crippen LogP contribution in [-0.2, 0) is 4.79 Å². The first-order valence-corrected chi connectivity index (χ1v) is 11.3. The van der Waals surface area contributed by atoms with Crippen LogP contribution in [0.5, 0.6) is 0 Å². The van der Waals surface area contributed by atoms with Crippen LogP contribution in [0.25, 0.3) is 0 Å². The molecule has 1 saturated heterocycles. The topological polar surface area (TPSA) is 52.6 Å². The molecule has 0 spiro atoms. The second-order valence-electron chi connectivity index (χ2n) is 7.20. The molecule has 2 heterocycles. The number of rotatable bonds is 7. The molecule has 1 aromatic heterocycles. The van der Waals surface area contributed by atoms with Gasteiger partial charge in [-0.1, -0.05) is 48.5 Å². The monoisotopic (exact) mass is 433 g/mol. The molecule has 0 saturated carbocycles. The molecule has 0 aliphatic carbocycles. The number of piperazine rings is 1. The van der Waals surface area contributed by atoms with E-state index in [-0.39, 0.29) is 5.91 Å². The molecule has 1 aliphatic heterocycles. The lowest BCUT2D eigenvalue weighted by Crippen LogP contribution is -2.49. The van der Waals surface area contributed by atoms with Crippen LogP contribution >= 0.6 is 23.4 Å². The van der Waals surface area contributed by atoms with Crippen molar-refractivity contribution in [1.29, 1.82) is 0 Å². The van der Waals surface area contributed by atoms with Gasteiger partial charge in [0.25, 0.3) is 0 Å². The van der Waals surface area contributed by atoms with Crippen LogP contribution in [-0.4, -0.2) is 66.3 Å². The van der Waals surface area contributed by atoms with Crippen molar-refractivity contribution in [3.8, 4) is 0 Å². The summed E-state index contributed by atoms with van der Waals surface area (Å²) in [5, 5.41) is 0.946. The molecule has 6 nitrogen and oxygen atoms in total. The normalized spacial score (nSPS) is 14.2. The van der Waals surface area contributed by atoms with Gasteiger partial charge in [0.15, 0.2) is 5.16 Å². The van der Waals surface area contributed by atoms with E-state index in [1.165, 1.54) is 23.0 Å². The molecule has 0 radical (unpaired) electrons. The number of hydrogen-bond donors (Lipinski definition) is 0. The quantitative estimate of drug-likeness (QED) is 0.377. The van der Waals surface area contributed by atoms with Gasteiger partial charge in [0.1, 0.15) is 11.0 Å². The fourth-order valence-corrected chi connectivity index (χ4v) is 4.41. The van der Waals surface area contributed by atoms with Gasteiger partial charge in [0.05, 0.1) is 5.75 Å². The van der Waals surface area contributed by atoms with Crippen LogP contribution < -0.4 is 9.80 Å². The minimum absolute atomic E-state index is 0.117. The summed E-state index contributed by atoms with van der Waals surface area (Å²) in [6, 6.07) is 10.1. The molecule has 0 unspecified atom stereocenters. The Balaban J connectivity index is 1.53. The summed E-state index contributed by atoms with van der Waals surface area (Å²) in [5.74, 6) is 1.22. The summed E-state index contributed by atoms with van der Waals surface area (Å²) in [7, 11) is 1.98. The molecule has 8 heteroatoms. The molecule has 0 bridgehead atoms. The molecule has 2 aromatic rings. The molecule has 0 atom stereocenters. The lowest BCUT2D eigenvalue weighted by Gasteiger charge is -2.36. The number of hydrogen-bond acceptors (Lipinski definition) is 6. The number of anilines is 2. The molecule has 29 heavy (non-hydrogen) atoms. The van der Waals surface area contributed by atoms with Crippen LogP contribution in [0.4, 0.5) is 11.5 Å². The van der Waals surface area contributed by atoms with Gasteiger partial charge < -0.3 is 14.7 Å². The lowest BCUT2D eigenvalue weighted by molar-refractivity contribution is -0.128. The zero-order valence-corrected chi connectivity index (χ0v) is 18.8. The van der Waals surface area contributed by atoms with Crippen molar-refractivity contribution in [2.24, 2.45) is 0 Å². The molecular formula is C21H28ClN5OS. The molecular weight excluding hydrogens is 406 g/mol. The molecule has 3 rings (SSSR count). The highest BCUT2D eigenvalue weighted by Crippen LogP contribution is 2.23. The average Bonchev–Trinajstić information content (AvgIpc) is 2.72. The largest absolute Gasteiger partial charge is 0.368 e. The number of nitrogens with zero attached hydrogens (tertiary/aromatic N) is 5. The van der Waals surface area contributed by atoms with Crippen LogP contribution in [0.15, 0.2) is 35.5 Å². The lowest BCUT2D eigenvalue weighted by atomic mass is 10.1. The van der Waals surface area contributed by atoms with Crippen molar-refractivity contribution in [2.75, 3.05) is 55.3 Å². The highest BCUT2D eigenvalue weighted by atomic mass is 35.5. The molecule has 1 aromatic carbocycles. The fourth-order valence-electron chi connectivity index (χ4n) is 3.43. The minimum Gasteiger partial charge on any atom is -0.368 e. The van der Waals surface area contributed by atoms with Crippen molar-refractivity contribution >= 4 is 40.8 Å². The third kappa shape index (κ3) is 5.76. The van der Waals surface area contributed by atoms with Crippen molar-refractivity contribution in [3.63, 3.8) is 0 Å². The zero-order chi connectivity index (χ0) is 20.8. The standard InChI is InChI=1S/C21H28ClN5OS/c1-4-9-25(3)19-14-18(22)23-21(24-19)29-15-20(28)27-12-10-26(11-13-27)17-8-6-5-7-16(17)2/h5-8,14H,4,9-13,15H2,1-3H3. The highest BCUT2D eigenvalue weighted by molar-refractivity contribution is 7.99. The Hall–Kier alpha value is -1.99. The summed E-state index contributed by atoms with van der Waals surface area (Å²) >= 11 is 7.50. The average molecular weight is 434 g/mol. The first kappa shape index (κ1) is 21.7. The molecule has 1 aliphatic rings. The number of halogens is 1. The Morgan fingerprint density at radius 3 is 2.62 bits per heavy atom. The van der Waals surface area contributed by atoms with Crippen LogP contribution in [0.3, 0.4) is 0 Å². The first-order chi connectivity index (χ1) is 14.0. The second-order valence-corrected chi connectivity index (χ2v) is 8.53. The summed E-state index contributed by atoms with van der Waals surface area (Å²) in [5.41, 5.74) is 2.52. The van der Waals surface area contributed by atoms with E-state index in [9.17, 15) is 4.79 Å². The Bertz CT molecular complexity index is 842. The summed E-state index contributed by atoms with van der Waals surface area (Å²) in [4.78, 5) is 27.8. The summed E-state index contributed by atoms with van der Waals surface area (Å²) in [6.45, 7) is 8.29. The highest BCUT2D eigenvalue weighted by Gasteiger charge is 2.22. The van der Waals surface area contributed by atoms with E-state index in [4.69, 9.17) is 11.6 Å². The number of carbonyl (C=O) groups is 1. The maximum atomic E-state index is 12.7. The van der Waals surface area contributed by atoms with Gasteiger partial charge in [0, 0.05) is 51.5 Å². The second kappa shape index (κ2) is 10.2. The van der Waals surface area contributed by atoms with Crippen LogP contribution in [0.1, 0.15) is 18.9 Å². The third-order valence-electron chi connectivity index (χ3n) is 5.02. The van der Waals surface area contributed by atoms with Gasteiger partial charge in [-0.3, -0.25) is 4.79 Å². The first-order valence-electron chi connectivity index (χ1n) is 9.94. The molecule has 0 N–H and O–H groups in total. The van der Waals surface area contributed by atoms with Gasteiger partial charge >= 0.3 is 0 Å². The van der Waals surface area contributed by atoms with Gasteiger partial charge in [0.2, 0.25) is 5.91 Å². The molecule has 1 fully saturated rings. The third-order valence-corrected chi connectivity index (χ3v) is 6.05. The van der Waals surface area contributed by atoms with E-state index in [2.05, 4.69) is 53.0 Å². The molecule has 156 valence electrons.